The first-order chi connectivity index (χ1) is 9.69. The molecule has 116 valence electrons. The number of amides is 1. The first-order valence-electron chi connectivity index (χ1n) is 7.59. The van der Waals surface area contributed by atoms with Crippen LogP contribution in [-0.2, 0) is 11.0 Å². The minimum atomic E-state index is -1.77. The number of rotatable bonds is 5. The monoisotopic (exact) mass is 306 g/mol. The average Bonchev–Trinajstić information content (AvgIpc) is 3.19. The van der Waals surface area contributed by atoms with Crippen LogP contribution in [0.15, 0.2) is 18.3 Å². The summed E-state index contributed by atoms with van der Waals surface area (Å²) >= 11 is 0. The van der Waals surface area contributed by atoms with Crippen LogP contribution in [0.2, 0.25) is 18.1 Å². The van der Waals surface area contributed by atoms with Crippen LogP contribution in [0.25, 0.3) is 0 Å². The standard InChI is InChI=1S/C16H26N2O2Si/c1-16(2,3)21(4,5)20-11-12-8-9-17-14(10-12)15(19)18-13-6-7-13/h8-10,13H,6-7,11H2,1-5H3,(H,18,19). The van der Waals surface area contributed by atoms with Gasteiger partial charge in [0, 0.05) is 12.2 Å². The third-order valence-electron chi connectivity index (χ3n) is 4.38. The Kier molecular flexibility index (Phi) is 4.53. The molecule has 1 heterocycles. The van der Waals surface area contributed by atoms with Gasteiger partial charge in [0.1, 0.15) is 5.69 Å². The number of nitrogens with zero attached hydrogens (tertiary/aromatic N) is 1. The molecular weight excluding hydrogens is 280 g/mol. The third-order valence-corrected chi connectivity index (χ3v) is 8.85. The van der Waals surface area contributed by atoms with Crippen LogP contribution in [0.4, 0.5) is 0 Å². The van der Waals surface area contributed by atoms with Crippen molar-refractivity contribution in [3.8, 4) is 0 Å². The molecule has 1 saturated carbocycles. The van der Waals surface area contributed by atoms with Gasteiger partial charge >= 0.3 is 0 Å². The Morgan fingerprint density at radius 1 is 1.43 bits per heavy atom. The van der Waals surface area contributed by atoms with Crippen LogP contribution >= 0.6 is 0 Å². The van der Waals surface area contributed by atoms with E-state index in [4.69, 9.17) is 4.43 Å². The van der Waals surface area contributed by atoms with E-state index in [1.54, 1.807) is 6.20 Å². The van der Waals surface area contributed by atoms with Gasteiger partial charge in [-0.1, -0.05) is 20.8 Å². The van der Waals surface area contributed by atoms with Crippen molar-refractivity contribution in [2.24, 2.45) is 0 Å². The molecule has 4 nitrogen and oxygen atoms in total. The highest BCUT2D eigenvalue weighted by molar-refractivity contribution is 6.74. The van der Waals surface area contributed by atoms with Gasteiger partial charge in [-0.15, -0.1) is 0 Å². The Bertz CT molecular complexity index is 519. The van der Waals surface area contributed by atoms with Crippen molar-refractivity contribution in [2.75, 3.05) is 0 Å². The van der Waals surface area contributed by atoms with Crippen molar-refractivity contribution >= 4 is 14.2 Å². The van der Waals surface area contributed by atoms with E-state index in [1.165, 1.54) is 0 Å². The predicted molar refractivity (Wildman–Crippen MR) is 86.7 cm³/mol. The van der Waals surface area contributed by atoms with Crippen LogP contribution < -0.4 is 5.32 Å². The summed E-state index contributed by atoms with van der Waals surface area (Å²) in [7, 11) is -1.77. The van der Waals surface area contributed by atoms with Gasteiger partial charge in [0.25, 0.3) is 5.91 Å². The first kappa shape index (κ1) is 16.2. The molecule has 0 bridgehead atoms. The highest BCUT2D eigenvalue weighted by atomic mass is 28.4. The number of aromatic nitrogens is 1. The zero-order valence-electron chi connectivity index (χ0n) is 13.7. The SMILES string of the molecule is CC(C)(C)[Si](C)(C)OCc1ccnc(C(=O)NC2CC2)c1. The fraction of sp³-hybridized carbons (Fsp3) is 0.625. The van der Waals surface area contributed by atoms with Gasteiger partial charge in [-0.05, 0) is 48.7 Å². The lowest BCUT2D eigenvalue weighted by Gasteiger charge is -2.36. The highest BCUT2D eigenvalue weighted by Gasteiger charge is 2.37. The quantitative estimate of drug-likeness (QED) is 0.847. The van der Waals surface area contributed by atoms with Gasteiger partial charge in [-0.3, -0.25) is 9.78 Å². The highest BCUT2D eigenvalue weighted by Crippen LogP contribution is 2.37. The fourth-order valence-corrected chi connectivity index (χ4v) is 2.62. The van der Waals surface area contributed by atoms with E-state index in [0.717, 1.165) is 18.4 Å². The summed E-state index contributed by atoms with van der Waals surface area (Å²) < 4.78 is 6.19. The van der Waals surface area contributed by atoms with E-state index in [9.17, 15) is 4.79 Å². The molecule has 1 aromatic rings. The van der Waals surface area contributed by atoms with Crippen LogP contribution in [0.3, 0.4) is 0 Å². The van der Waals surface area contributed by atoms with E-state index in [2.05, 4.69) is 44.2 Å². The summed E-state index contributed by atoms with van der Waals surface area (Å²) in [6, 6.07) is 4.11. The maximum atomic E-state index is 12.0. The van der Waals surface area contributed by atoms with Gasteiger partial charge in [-0.2, -0.15) is 0 Å². The van der Waals surface area contributed by atoms with Crippen molar-refractivity contribution < 1.29 is 9.22 Å². The summed E-state index contributed by atoms with van der Waals surface area (Å²) in [5, 5.41) is 3.15. The van der Waals surface area contributed by atoms with Crippen LogP contribution in [0.5, 0.6) is 0 Å². The number of hydrogen-bond donors (Lipinski definition) is 1. The maximum Gasteiger partial charge on any atom is 0.270 e. The Labute approximate surface area is 128 Å². The van der Waals surface area contributed by atoms with E-state index < -0.39 is 8.32 Å². The number of carbonyl (C=O) groups is 1. The number of nitrogens with one attached hydrogen (secondary N) is 1. The van der Waals surface area contributed by atoms with Gasteiger partial charge in [-0.25, -0.2) is 0 Å². The van der Waals surface area contributed by atoms with Crippen molar-refractivity contribution in [3.05, 3.63) is 29.6 Å². The van der Waals surface area contributed by atoms with E-state index in [1.807, 2.05) is 12.1 Å². The molecule has 21 heavy (non-hydrogen) atoms. The second kappa shape index (κ2) is 5.89. The van der Waals surface area contributed by atoms with Crippen molar-refractivity contribution in [2.45, 2.75) is 64.4 Å². The topological polar surface area (TPSA) is 51.2 Å². The Balaban J connectivity index is 1.99. The van der Waals surface area contributed by atoms with Crippen LogP contribution in [-0.4, -0.2) is 25.3 Å². The minimum absolute atomic E-state index is 0.0772. The number of pyridine rings is 1. The molecule has 0 atom stereocenters. The molecule has 0 saturated heterocycles. The van der Waals surface area contributed by atoms with Crippen LogP contribution in [0, 0.1) is 0 Å². The molecule has 5 heteroatoms. The molecule has 1 N–H and O–H groups in total. The summed E-state index contributed by atoms with van der Waals surface area (Å²) in [6.45, 7) is 11.7. The van der Waals surface area contributed by atoms with Crippen molar-refractivity contribution in [1.29, 1.82) is 0 Å². The largest absolute Gasteiger partial charge is 0.413 e. The van der Waals surface area contributed by atoms with Crippen molar-refractivity contribution in [1.82, 2.24) is 10.3 Å². The molecule has 1 amide bonds. The summed E-state index contributed by atoms with van der Waals surface area (Å²) in [6.07, 6.45) is 3.85. The third kappa shape index (κ3) is 4.38. The Hall–Kier alpha value is -1.20. The summed E-state index contributed by atoms with van der Waals surface area (Å²) in [4.78, 5) is 16.2. The molecule has 1 aromatic heterocycles. The molecule has 1 aliphatic rings. The Morgan fingerprint density at radius 3 is 2.67 bits per heavy atom. The average molecular weight is 306 g/mol. The maximum absolute atomic E-state index is 12.0. The molecule has 0 aromatic carbocycles. The molecule has 0 aliphatic heterocycles. The van der Waals surface area contributed by atoms with E-state index in [-0.39, 0.29) is 10.9 Å². The molecule has 0 spiro atoms. The second-order valence-corrected chi connectivity index (χ2v) is 12.2. The summed E-state index contributed by atoms with van der Waals surface area (Å²) in [5.74, 6) is -0.0772. The lowest BCUT2D eigenvalue weighted by atomic mass is 10.2. The lowest BCUT2D eigenvalue weighted by molar-refractivity contribution is 0.0946. The summed E-state index contributed by atoms with van der Waals surface area (Å²) in [5.41, 5.74) is 1.49. The molecule has 0 radical (unpaired) electrons. The van der Waals surface area contributed by atoms with E-state index in [0.29, 0.717) is 18.3 Å². The van der Waals surface area contributed by atoms with Gasteiger partial charge < -0.3 is 9.74 Å². The molecular formula is C16H26N2O2Si. The minimum Gasteiger partial charge on any atom is -0.413 e. The fourth-order valence-electron chi connectivity index (χ4n) is 1.66. The van der Waals surface area contributed by atoms with E-state index >= 15 is 0 Å². The van der Waals surface area contributed by atoms with Gasteiger partial charge in [0.15, 0.2) is 8.32 Å². The molecule has 0 unspecified atom stereocenters. The molecule has 2 rings (SSSR count). The Morgan fingerprint density at radius 2 is 2.10 bits per heavy atom. The lowest BCUT2D eigenvalue weighted by Crippen LogP contribution is -2.40. The predicted octanol–water partition coefficient (Wildman–Crippen LogP) is 3.50. The molecule has 1 fully saturated rings. The zero-order valence-corrected chi connectivity index (χ0v) is 14.7. The van der Waals surface area contributed by atoms with Crippen LogP contribution in [0.1, 0.15) is 49.7 Å². The van der Waals surface area contributed by atoms with Gasteiger partial charge in [0.2, 0.25) is 0 Å². The smallest absolute Gasteiger partial charge is 0.270 e. The normalized spacial score (nSPS) is 15.9. The van der Waals surface area contributed by atoms with Gasteiger partial charge in [0.05, 0.1) is 6.61 Å². The zero-order chi connectivity index (χ0) is 15.7. The second-order valence-electron chi connectivity index (χ2n) is 7.35. The molecule has 1 aliphatic carbocycles. The number of hydrogen-bond acceptors (Lipinski definition) is 3. The van der Waals surface area contributed by atoms with Crippen molar-refractivity contribution in [3.63, 3.8) is 0 Å². The number of carbonyl (C=O) groups excluding carboxylic acids is 1. The first-order valence-corrected chi connectivity index (χ1v) is 10.5.